The Morgan fingerprint density at radius 3 is 2.38 bits per heavy atom. The zero-order chi connectivity index (χ0) is 16.6. The van der Waals surface area contributed by atoms with E-state index in [-0.39, 0.29) is 0 Å². The van der Waals surface area contributed by atoms with Crippen LogP contribution in [0.5, 0.6) is 0 Å². The van der Waals surface area contributed by atoms with Gasteiger partial charge in [0.25, 0.3) is 0 Å². The molecule has 138 valence electrons. The SMILES string of the molecule is CC1CN(C2CC3(CCN(CC4CCNCC4)CC3)C2)CCN1C. The van der Waals surface area contributed by atoms with Crippen LogP contribution < -0.4 is 5.32 Å². The number of hydrogen-bond acceptors (Lipinski definition) is 4. The third-order valence-electron chi connectivity index (χ3n) is 7.74. The molecule has 1 aliphatic carbocycles. The summed E-state index contributed by atoms with van der Waals surface area (Å²) in [5, 5.41) is 3.50. The van der Waals surface area contributed by atoms with Crippen LogP contribution in [-0.4, -0.2) is 86.2 Å². The van der Waals surface area contributed by atoms with Crippen molar-refractivity contribution in [2.75, 3.05) is 59.4 Å². The van der Waals surface area contributed by atoms with Gasteiger partial charge in [-0.1, -0.05) is 0 Å². The van der Waals surface area contributed by atoms with E-state index >= 15 is 0 Å². The Morgan fingerprint density at radius 2 is 1.71 bits per heavy atom. The molecule has 0 bridgehead atoms. The summed E-state index contributed by atoms with van der Waals surface area (Å²) in [5.74, 6) is 0.960. The Labute approximate surface area is 148 Å². The molecule has 4 heteroatoms. The summed E-state index contributed by atoms with van der Waals surface area (Å²) in [6, 6.07) is 1.64. The molecule has 4 fully saturated rings. The van der Waals surface area contributed by atoms with E-state index in [1.807, 2.05) is 0 Å². The number of rotatable bonds is 3. The van der Waals surface area contributed by atoms with Gasteiger partial charge in [0.15, 0.2) is 0 Å². The minimum absolute atomic E-state index is 0.724. The maximum Gasteiger partial charge on any atom is 0.0192 e. The standard InChI is InChI=1S/C20H38N4/c1-17-15-24(12-11-22(17)2)19-13-20(14-19)5-9-23(10-6-20)16-18-3-7-21-8-4-18/h17-19,21H,3-16H2,1-2H3. The molecular formula is C20H38N4. The second kappa shape index (κ2) is 7.22. The second-order valence-electron chi connectivity index (χ2n) is 9.38. The fourth-order valence-corrected chi connectivity index (χ4v) is 5.65. The lowest BCUT2D eigenvalue weighted by atomic mass is 9.60. The van der Waals surface area contributed by atoms with Crippen molar-refractivity contribution in [1.29, 1.82) is 0 Å². The summed E-state index contributed by atoms with van der Waals surface area (Å²) < 4.78 is 0. The van der Waals surface area contributed by atoms with Gasteiger partial charge in [-0.05, 0) is 90.0 Å². The maximum atomic E-state index is 3.50. The normalized spacial score (nSPS) is 34.5. The van der Waals surface area contributed by atoms with E-state index in [4.69, 9.17) is 0 Å². The van der Waals surface area contributed by atoms with E-state index in [1.165, 1.54) is 90.9 Å². The smallest absolute Gasteiger partial charge is 0.0192 e. The van der Waals surface area contributed by atoms with Gasteiger partial charge in [0.2, 0.25) is 0 Å². The molecule has 3 heterocycles. The molecule has 4 aliphatic rings. The van der Waals surface area contributed by atoms with Gasteiger partial charge in [-0.25, -0.2) is 0 Å². The molecule has 0 amide bonds. The maximum absolute atomic E-state index is 3.50. The third kappa shape index (κ3) is 3.67. The Morgan fingerprint density at radius 1 is 1.00 bits per heavy atom. The minimum atomic E-state index is 0.724. The highest BCUT2D eigenvalue weighted by atomic mass is 15.3. The van der Waals surface area contributed by atoms with E-state index in [0.717, 1.165) is 23.4 Å². The highest BCUT2D eigenvalue weighted by molar-refractivity contribution is 5.02. The van der Waals surface area contributed by atoms with Crippen LogP contribution >= 0.6 is 0 Å². The highest BCUT2D eigenvalue weighted by Gasteiger charge is 2.48. The molecule has 4 rings (SSSR count). The van der Waals surface area contributed by atoms with Gasteiger partial charge in [0.1, 0.15) is 0 Å². The molecule has 1 saturated carbocycles. The van der Waals surface area contributed by atoms with Crippen LogP contribution in [0, 0.1) is 11.3 Å². The number of nitrogens with one attached hydrogen (secondary N) is 1. The van der Waals surface area contributed by atoms with Crippen LogP contribution in [0.4, 0.5) is 0 Å². The zero-order valence-electron chi connectivity index (χ0n) is 16.0. The number of likely N-dealkylation sites (N-methyl/N-ethyl adjacent to an activating group) is 1. The van der Waals surface area contributed by atoms with Gasteiger partial charge in [-0.2, -0.15) is 0 Å². The number of piperazine rings is 1. The first kappa shape index (κ1) is 17.3. The summed E-state index contributed by atoms with van der Waals surface area (Å²) in [4.78, 5) is 8.11. The van der Waals surface area contributed by atoms with E-state index < -0.39 is 0 Å². The van der Waals surface area contributed by atoms with Gasteiger partial charge in [-0.3, -0.25) is 4.90 Å². The molecule has 3 aliphatic heterocycles. The van der Waals surface area contributed by atoms with E-state index in [2.05, 4.69) is 34.0 Å². The van der Waals surface area contributed by atoms with Crippen LogP contribution in [0.1, 0.15) is 45.4 Å². The zero-order valence-corrected chi connectivity index (χ0v) is 16.0. The first-order valence-corrected chi connectivity index (χ1v) is 10.5. The molecule has 0 radical (unpaired) electrons. The molecule has 1 atom stereocenters. The van der Waals surface area contributed by atoms with Crippen LogP contribution in [0.2, 0.25) is 0 Å². The topological polar surface area (TPSA) is 21.8 Å². The van der Waals surface area contributed by atoms with Gasteiger partial charge in [0, 0.05) is 38.3 Å². The van der Waals surface area contributed by atoms with Gasteiger partial charge < -0.3 is 15.1 Å². The lowest BCUT2D eigenvalue weighted by Gasteiger charge is -2.57. The first-order chi connectivity index (χ1) is 11.6. The largest absolute Gasteiger partial charge is 0.317 e. The predicted octanol–water partition coefficient (Wildman–Crippen LogP) is 1.87. The average molecular weight is 335 g/mol. The monoisotopic (exact) mass is 334 g/mol. The average Bonchev–Trinajstić information content (AvgIpc) is 2.57. The van der Waals surface area contributed by atoms with Crippen LogP contribution in [0.25, 0.3) is 0 Å². The van der Waals surface area contributed by atoms with Crippen LogP contribution in [-0.2, 0) is 0 Å². The van der Waals surface area contributed by atoms with Crippen LogP contribution in [0.3, 0.4) is 0 Å². The quantitative estimate of drug-likeness (QED) is 0.850. The fraction of sp³-hybridized carbons (Fsp3) is 1.00. The number of piperidine rings is 2. The highest BCUT2D eigenvalue weighted by Crippen LogP contribution is 2.51. The van der Waals surface area contributed by atoms with Gasteiger partial charge >= 0.3 is 0 Å². The second-order valence-corrected chi connectivity index (χ2v) is 9.38. The van der Waals surface area contributed by atoms with Crippen molar-refractivity contribution in [3.63, 3.8) is 0 Å². The van der Waals surface area contributed by atoms with Crippen molar-refractivity contribution in [3.05, 3.63) is 0 Å². The molecule has 0 aromatic rings. The Hall–Kier alpha value is -0.160. The Balaban J connectivity index is 1.20. The lowest BCUT2D eigenvalue weighted by molar-refractivity contribution is -0.0628. The van der Waals surface area contributed by atoms with E-state index in [9.17, 15) is 0 Å². The summed E-state index contributed by atoms with van der Waals surface area (Å²) in [6.07, 6.45) is 8.71. The number of likely N-dealkylation sites (tertiary alicyclic amines) is 1. The van der Waals surface area contributed by atoms with Crippen molar-refractivity contribution in [2.24, 2.45) is 11.3 Å². The summed E-state index contributed by atoms with van der Waals surface area (Å²) in [7, 11) is 2.28. The van der Waals surface area contributed by atoms with Gasteiger partial charge in [0.05, 0.1) is 0 Å². The van der Waals surface area contributed by atoms with Gasteiger partial charge in [-0.15, -0.1) is 0 Å². The molecule has 4 nitrogen and oxygen atoms in total. The van der Waals surface area contributed by atoms with Crippen molar-refractivity contribution in [3.8, 4) is 0 Å². The first-order valence-electron chi connectivity index (χ1n) is 10.5. The predicted molar refractivity (Wildman–Crippen MR) is 100 cm³/mol. The molecule has 0 aromatic heterocycles. The van der Waals surface area contributed by atoms with E-state index in [1.54, 1.807) is 0 Å². The summed E-state index contributed by atoms with van der Waals surface area (Å²) in [5.41, 5.74) is 0.724. The molecular weight excluding hydrogens is 296 g/mol. The van der Waals surface area contributed by atoms with Crippen molar-refractivity contribution >= 4 is 0 Å². The fourth-order valence-electron chi connectivity index (χ4n) is 5.65. The third-order valence-corrected chi connectivity index (χ3v) is 7.74. The number of hydrogen-bond donors (Lipinski definition) is 1. The molecule has 24 heavy (non-hydrogen) atoms. The Kier molecular flexibility index (Phi) is 5.19. The lowest BCUT2D eigenvalue weighted by Crippen LogP contribution is -2.60. The summed E-state index contributed by atoms with van der Waals surface area (Å²) >= 11 is 0. The van der Waals surface area contributed by atoms with Crippen molar-refractivity contribution in [1.82, 2.24) is 20.0 Å². The minimum Gasteiger partial charge on any atom is -0.317 e. The van der Waals surface area contributed by atoms with Crippen LogP contribution in [0.15, 0.2) is 0 Å². The van der Waals surface area contributed by atoms with E-state index in [0.29, 0.717) is 0 Å². The molecule has 3 saturated heterocycles. The van der Waals surface area contributed by atoms with Crippen molar-refractivity contribution in [2.45, 2.75) is 57.5 Å². The Bertz CT molecular complexity index is 404. The molecule has 0 aromatic carbocycles. The summed E-state index contributed by atoms with van der Waals surface area (Å²) in [6.45, 7) is 12.8. The number of nitrogens with zero attached hydrogens (tertiary/aromatic N) is 3. The molecule has 1 N–H and O–H groups in total. The molecule has 1 unspecified atom stereocenters. The van der Waals surface area contributed by atoms with Crippen molar-refractivity contribution < 1.29 is 0 Å². The molecule has 1 spiro atoms.